The summed E-state index contributed by atoms with van der Waals surface area (Å²) in [5.74, 6) is 0. The van der Waals surface area contributed by atoms with Gasteiger partial charge in [0.25, 0.3) is 0 Å². The predicted octanol–water partition coefficient (Wildman–Crippen LogP) is 2.29. The van der Waals surface area contributed by atoms with Crippen LogP contribution in [0.1, 0.15) is 64.2 Å². The largest absolute Gasteiger partial charge is 0.412 e. The molecule has 4 N–H and O–H groups in total. The summed E-state index contributed by atoms with van der Waals surface area (Å²) in [6.45, 7) is 0. The summed E-state index contributed by atoms with van der Waals surface area (Å²) >= 11 is 5.39. The van der Waals surface area contributed by atoms with Crippen LogP contribution in [-0.4, -0.2) is 22.7 Å². The Morgan fingerprint density at radius 3 is 1.41 bits per heavy atom. The van der Waals surface area contributed by atoms with Gasteiger partial charge in [-0.25, -0.2) is 0 Å². The highest BCUT2D eigenvalue weighted by molar-refractivity contribution is 7.80. The molecule has 0 saturated heterocycles. The second-order valence-corrected chi connectivity index (χ2v) is 5.70. The standard InChI is InChI=1S/C13H24N2S.H2O/c16-13(14-11-7-3-1-4-8-11)15-12-9-5-2-6-10-12;/h11-12H,1-10H2,(H2,14,15,16);1H2. The molecule has 2 saturated carbocycles. The minimum Gasteiger partial charge on any atom is -0.412 e. The molecule has 4 heteroatoms. The summed E-state index contributed by atoms with van der Waals surface area (Å²) in [5.41, 5.74) is 0. The number of hydrogen-bond acceptors (Lipinski definition) is 1. The Morgan fingerprint density at radius 2 is 1.06 bits per heavy atom. The number of nitrogens with one attached hydrogen (secondary N) is 2. The molecule has 0 atom stereocenters. The fourth-order valence-electron chi connectivity index (χ4n) is 2.91. The van der Waals surface area contributed by atoms with Crippen molar-refractivity contribution in [3.63, 3.8) is 0 Å². The van der Waals surface area contributed by atoms with Crippen molar-refractivity contribution < 1.29 is 5.48 Å². The second-order valence-electron chi connectivity index (χ2n) is 5.29. The first-order valence-electron chi connectivity index (χ1n) is 6.91. The zero-order chi connectivity index (χ0) is 11.2. The lowest BCUT2D eigenvalue weighted by molar-refractivity contribution is 0.392. The van der Waals surface area contributed by atoms with Gasteiger partial charge in [0, 0.05) is 12.1 Å². The van der Waals surface area contributed by atoms with E-state index in [-0.39, 0.29) is 5.48 Å². The van der Waals surface area contributed by atoms with E-state index in [0.29, 0.717) is 12.1 Å². The van der Waals surface area contributed by atoms with Crippen LogP contribution in [0.2, 0.25) is 0 Å². The fraction of sp³-hybridized carbons (Fsp3) is 0.923. The van der Waals surface area contributed by atoms with Crippen LogP contribution < -0.4 is 10.6 Å². The third-order valence-electron chi connectivity index (χ3n) is 3.88. The van der Waals surface area contributed by atoms with E-state index < -0.39 is 0 Å². The Morgan fingerprint density at radius 1 is 0.706 bits per heavy atom. The van der Waals surface area contributed by atoms with Crippen molar-refractivity contribution in [2.75, 3.05) is 0 Å². The van der Waals surface area contributed by atoms with E-state index in [9.17, 15) is 0 Å². The van der Waals surface area contributed by atoms with Gasteiger partial charge in [0.1, 0.15) is 0 Å². The number of rotatable bonds is 2. The Kier molecular flexibility index (Phi) is 6.82. The number of hydrogen-bond donors (Lipinski definition) is 2. The summed E-state index contributed by atoms with van der Waals surface area (Å²) in [6, 6.07) is 1.27. The van der Waals surface area contributed by atoms with Crippen molar-refractivity contribution >= 4 is 17.3 Å². The minimum absolute atomic E-state index is 0. The van der Waals surface area contributed by atoms with Gasteiger partial charge in [-0.15, -0.1) is 0 Å². The van der Waals surface area contributed by atoms with Crippen LogP contribution in [0, 0.1) is 0 Å². The lowest BCUT2D eigenvalue weighted by Gasteiger charge is -2.28. The molecule has 0 radical (unpaired) electrons. The SMILES string of the molecule is O.S=C(NC1CCCCC1)NC1CCCCC1. The van der Waals surface area contributed by atoms with E-state index in [1.54, 1.807) is 0 Å². The molecule has 0 amide bonds. The predicted molar refractivity (Wildman–Crippen MR) is 76.2 cm³/mol. The summed E-state index contributed by atoms with van der Waals surface area (Å²) in [7, 11) is 0. The molecular weight excluding hydrogens is 232 g/mol. The molecule has 2 fully saturated rings. The lowest BCUT2D eigenvalue weighted by atomic mass is 9.95. The maximum absolute atomic E-state index is 5.39. The van der Waals surface area contributed by atoms with Crippen LogP contribution in [-0.2, 0) is 0 Å². The highest BCUT2D eigenvalue weighted by Crippen LogP contribution is 2.19. The van der Waals surface area contributed by atoms with Crippen LogP contribution in [0.4, 0.5) is 0 Å². The second kappa shape index (κ2) is 7.88. The van der Waals surface area contributed by atoms with Gasteiger partial charge in [-0.05, 0) is 37.9 Å². The Balaban J connectivity index is 0.00000144. The first-order chi connectivity index (χ1) is 7.84. The highest BCUT2D eigenvalue weighted by Gasteiger charge is 2.17. The zero-order valence-electron chi connectivity index (χ0n) is 10.6. The Bertz CT molecular complexity index is 201. The van der Waals surface area contributed by atoms with E-state index in [1.807, 2.05) is 0 Å². The smallest absolute Gasteiger partial charge is 0.166 e. The molecular formula is C13H26N2OS. The topological polar surface area (TPSA) is 55.6 Å². The van der Waals surface area contributed by atoms with Crippen molar-refractivity contribution in [2.24, 2.45) is 0 Å². The molecule has 0 heterocycles. The third kappa shape index (κ3) is 5.21. The van der Waals surface area contributed by atoms with Crippen LogP contribution in [0.25, 0.3) is 0 Å². The van der Waals surface area contributed by atoms with Gasteiger partial charge in [-0.2, -0.15) is 0 Å². The van der Waals surface area contributed by atoms with Crippen molar-refractivity contribution in [1.82, 2.24) is 10.6 Å². The van der Waals surface area contributed by atoms with Gasteiger partial charge >= 0.3 is 0 Å². The molecule has 100 valence electrons. The van der Waals surface area contributed by atoms with E-state index in [4.69, 9.17) is 12.2 Å². The fourth-order valence-corrected chi connectivity index (χ4v) is 3.24. The summed E-state index contributed by atoms with van der Waals surface area (Å²) in [6.07, 6.45) is 13.5. The van der Waals surface area contributed by atoms with Gasteiger partial charge in [0.15, 0.2) is 5.11 Å². The molecule has 17 heavy (non-hydrogen) atoms. The molecule has 0 aromatic carbocycles. The van der Waals surface area contributed by atoms with Gasteiger partial charge in [0.05, 0.1) is 0 Å². The third-order valence-corrected chi connectivity index (χ3v) is 4.12. The minimum atomic E-state index is 0. The monoisotopic (exact) mass is 258 g/mol. The molecule has 0 spiro atoms. The quantitative estimate of drug-likeness (QED) is 0.747. The normalized spacial score (nSPS) is 22.6. The van der Waals surface area contributed by atoms with Gasteiger partial charge in [-0.1, -0.05) is 38.5 Å². The van der Waals surface area contributed by atoms with Crippen molar-refractivity contribution in [1.29, 1.82) is 0 Å². The van der Waals surface area contributed by atoms with E-state index in [2.05, 4.69) is 10.6 Å². The lowest BCUT2D eigenvalue weighted by Crippen LogP contribution is -2.47. The van der Waals surface area contributed by atoms with Crippen LogP contribution in [0.15, 0.2) is 0 Å². The van der Waals surface area contributed by atoms with Gasteiger partial charge < -0.3 is 16.1 Å². The Hall–Kier alpha value is -0.350. The molecule has 2 aliphatic rings. The van der Waals surface area contributed by atoms with Crippen molar-refractivity contribution in [3.05, 3.63) is 0 Å². The first-order valence-corrected chi connectivity index (χ1v) is 7.32. The van der Waals surface area contributed by atoms with Crippen LogP contribution >= 0.6 is 12.2 Å². The van der Waals surface area contributed by atoms with Crippen molar-refractivity contribution in [2.45, 2.75) is 76.3 Å². The van der Waals surface area contributed by atoms with Gasteiger partial charge in [0.2, 0.25) is 0 Å². The Labute approximate surface area is 110 Å². The maximum atomic E-state index is 5.39. The molecule has 0 aliphatic heterocycles. The summed E-state index contributed by atoms with van der Waals surface area (Å²) in [4.78, 5) is 0. The van der Waals surface area contributed by atoms with Crippen LogP contribution in [0.5, 0.6) is 0 Å². The van der Waals surface area contributed by atoms with E-state index in [0.717, 1.165) is 5.11 Å². The highest BCUT2D eigenvalue weighted by atomic mass is 32.1. The molecule has 0 aromatic rings. The summed E-state index contributed by atoms with van der Waals surface area (Å²) in [5, 5.41) is 7.87. The van der Waals surface area contributed by atoms with E-state index >= 15 is 0 Å². The molecule has 0 bridgehead atoms. The molecule has 2 rings (SSSR count). The average molecular weight is 258 g/mol. The number of thiocarbonyl (C=S) groups is 1. The van der Waals surface area contributed by atoms with E-state index in [1.165, 1.54) is 64.2 Å². The maximum Gasteiger partial charge on any atom is 0.166 e. The van der Waals surface area contributed by atoms with Crippen LogP contribution in [0.3, 0.4) is 0 Å². The zero-order valence-corrected chi connectivity index (χ0v) is 11.5. The van der Waals surface area contributed by atoms with Crippen molar-refractivity contribution in [3.8, 4) is 0 Å². The average Bonchev–Trinajstić information content (AvgIpc) is 2.31. The van der Waals surface area contributed by atoms with Gasteiger partial charge in [-0.3, -0.25) is 0 Å². The molecule has 0 aromatic heterocycles. The first kappa shape index (κ1) is 14.7. The summed E-state index contributed by atoms with van der Waals surface area (Å²) < 4.78 is 0. The molecule has 0 unspecified atom stereocenters. The molecule has 2 aliphatic carbocycles. The molecule has 3 nitrogen and oxygen atoms in total.